The lowest BCUT2D eigenvalue weighted by molar-refractivity contribution is -0.887. The van der Waals surface area contributed by atoms with Crippen LogP contribution in [0.2, 0.25) is 0 Å². The second kappa shape index (κ2) is 35.8. The number of aliphatic carboxylic acids is 1. The second-order valence-corrected chi connectivity index (χ2v) is 15.6. The van der Waals surface area contributed by atoms with Crippen molar-refractivity contribution in [2.24, 2.45) is 0 Å². The smallest absolute Gasteiger partial charge is 0.362 e. The van der Waals surface area contributed by atoms with Crippen molar-refractivity contribution in [1.29, 1.82) is 0 Å². The number of nitrogens with zero attached hydrogens (tertiary/aromatic N) is 1. The third-order valence-corrected chi connectivity index (χ3v) is 9.60. The van der Waals surface area contributed by atoms with Crippen LogP contribution in [0.25, 0.3) is 0 Å². The van der Waals surface area contributed by atoms with Crippen LogP contribution in [0, 0.1) is 0 Å². The van der Waals surface area contributed by atoms with Crippen molar-refractivity contribution in [3.8, 4) is 0 Å². The summed E-state index contributed by atoms with van der Waals surface area (Å²) in [5.41, 5.74) is 0. The van der Waals surface area contributed by atoms with Crippen LogP contribution in [-0.2, 0) is 28.6 Å². The summed E-state index contributed by atoms with van der Waals surface area (Å²) in [7, 11) is 5.52. The molecule has 8 heteroatoms. The molecule has 0 bridgehead atoms. The largest absolute Gasteiger partial charge is 0.477 e. The maximum absolute atomic E-state index is 12.7. The molecule has 0 amide bonds. The molecule has 0 saturated carbocycles. The summed E-state index contributed by atoms with van der Waals surface area (Å²) in [6, 6.07) is -0.613. The van der Waals surface area contributed by atoms with E-state index in [1.807, 2.05) is 21.1 Å². The first kappa shape index (κ1) is 49.8. The van der Waals surface area contributed by atoms with Crippen molar-refractivity contribution in [3.05, 3.63) is 24.3 Å². The maximum atomic E-state index is 12.7. The zero-order chi connectivity index (χ0) is 38.5. The van der Waals surface area contributed by atoms with Gasteiger partial charge in [0.1, 0.15) is 6.61 Å². The Kier molecular flexibility index (Phi) is 34.3. The second-order valence-electron chi connectivity index (χ2n) is 15.6. The molecule has 0 aromatic carbocycles. The lowest BCUT2D eigenvalue weighted by atomic mass is 10.0. The average Bonchev–Trinajstić information content (AvgIpc) is 3.09. The Hall–Kier alpha value is -2.19. The lowest BCUT2D eigenvalue weighted by Gasteiger charge is -2.31. The standard InChI is InChI=1S/C44H81NO7/c1-6-8-10-12-14-16-18-20-21-23-25-27-29-31-33-35-43(47)52-40(38-50-37-36-41(44(48)49)45(3,4)5)39-51-42(46)34-32-30-28-26-24-22-19-17-15-13-11-9-7-2/h14,16,20-21,40-41H,6-13,15,17-19,22-39H2,1-5H3/p+1/b16-14-,21-20-/t40-,41?/m0/s1. The summed E-state index contributed by atoms with van der Waals surface area (Å²) < 4.78 is 17.2. The number of hydrogen-bond acceptors (Lipinski definition) is 6. The van der Waals surface area contributed by atoms with Gasteiger partial charge in [-0.05, 0) is 44.9 Å². The van der Waals surface area contributed by atoms with E-state index in [0.717, 1.165) is 64.2 Å². The molecule has 0 aliphatic rings. The first-order valence-corrected chi connectivity index (χ1v) is 21.4. The third-order valence-electron chi connectivity index (χ3n) is 9.60. The minimum absolute atomic E-state index is 0.0527. The SMILES string of the molecule is CCCCC/C=C\C/C=C\CCCCCCCC(=O)O[C@@H](COCCC(C(=O)O)[N+](C)(C)C)COC(=O)CCCCCCCCCCCCCCC. The van der Waals surface area contributed by atoms with Crippen LogP contribution < -0.4 is 0 Å². The van der Waals surface area contributed by atoms with Crippen molar-refractivity contribution in [2.45, 2.75) is 199 Å². The summed E-state index contributed by atoms with van der Waals surface area (Å²) in [4.78, 5) is 36.9. The molecule has 0 heterocycles. The number of esters is 2. The van der Waals surface area contributed by atoms with Crippen LogP contribution in [0.5, 0.6) is 0 Å². The number of carboxylic acids is 1. The summed E-state index contributed by atoms with van der Waals surface area (Å²) in [6.45, 7) is 4.70. The predicted octanol–water partition coefficient (Wildman–Crippen LogP) is 11.3. The molecule has 0 saturated heterocycles. The van der Waals surface area contributed by atoms with Crippen molar-refractivity contribution in [2.75, 3.05) is 41.0 Å². The number of quaternary nitrogens is 1. The number of hydrogen-bond donors (Lipinski definition) is 1. The highest BCUT2D eigenvalue weighted by Gasteiger charge is 2.31. The number of likely N-dealkylation sites (N-methyl/N-ethyl adjacent to an activating group) is 1. The van der Waals surface area contributed by atoms with Crippen molar-refractivity contribution >= 4 is 17.9 Å². The number of carboxylic acid groups (broad SMARTS) is 1. The number of carbonyl (C=O) groups is 3. The van der Waals surface area contributed by atoms with Gasteiger partial charge >= 0.3 is 17.9 Å². The molecule has 0 rings (SSSR count). The van der Waals surface area contributed by atoms with Gasteiger partial charge in [-0.25, -0.2) is 4.79 Å². The third kappa shape index (κ3) is 33.6. The minimum atomic E-state index is -0.876. The first-order valence-electron chi connectivity index (χ1n) is 21.4. The Balaban J connectivity index is 4.38. The van der Waals surface area contributed by atoms with Gasteiger partial charge in [0.25, 0.3) is 0 Å². The Morgan fingerprint density at radius 2 is 1.02 bits per heavy atom. The van der Waals surface area contributed by atoms with E-state index in [9.17, 15) is 19.5 Å². The Labute approximate surface area is 320 Å². The van der Waals surface area contributed by atoms with Gasteiger partial charge in [-0.3, -0.25) is 9.59 Å². The van der Waals surface area contributed by atoms with Gasteiger partial charge in [-0.2, -0.15) is 0 Å². The van der Waals surface area contributed by atoms with E-state index in [0.29, 0.717) is 19.3 Å². The fourth-order valence-electron chi connectivity index (χ4n) is 6.24. The van der Waals surface area contributed by atoms with Gasteiger partial charge in [0, 0.05) is 19.3 Å². The monoisotopic (exact) mass is 737 g/mol. The zero-order valence-corrected chi connectivity index (χ0v) is 34.5. The molecular formula is C44H82NO7+. The number of ether oxygens (including phenoxy) is 3. The maximum Gasteiger partial charge on any atom is 0.362 e. The lowest BCUT2D eigenvalue weighted by Crippen LogP contribution is -2.50. The highest BCUT2D eigenvalue weighted by molar-refractivity contribution is 5.72. The molecule has 2 atom stereocenters. The predicted molar refractivity (Wildman–Crippen MR) is 215 cm³/mol. The van der Waals surface area contributed by atoms with E-state index in [4.69, 9.17) is 14.2 Å². The van der Waals surface area contributed by atoms with Crippen LogP contribution >= 0.6 is 0 Å². The van der Waals surface area contributed by atoms with Crippen LogP contribution in [0.4, 0.5) is 0 Å². The fraction of sp³-hybridized carbons (Fsp3) is 0.841. The molecule has 304 valence electrons. The molecule has 52 heavy (non-hydrogen) atoms. The van der Waals surface area contributed by atoms with E-state index in [1.165, 1.54) is 89.9 Å². The summed E-state index contributed by atoms with van der Waals surface area (Å²) in [5.74, 6) is -1.48. The van der Waals surface area contributed by atoms with E-state index >= 15 is 0 Å². The summed E-state index contributed by atoms with van der Waals surface area (Å²) >= 11 is 0. The zero-order valence-electron chi connectivity index (χ0n) is 34.5. The van der Waals surface area contributed by atoms with E-state index in [2.05, 4.69) is 38.2 Å². The normalized spacial score (nSPS) is 13.2. The Morgan fingerprint density at radius 1 is 0.577 bits per heavy atom. The molecular weight excluding hydrogens is 654 g/mol. The van der Waals surface area contributed by atoms with Crippen LogP contribution in [0.3, 0.4) is 0 Å². The quantitative estimate of drug-likeness (QED) is 0.0291. The Bertz CT molecular complexity index is 911. The number of rotatable bonds is 38. The van der Waals surface area contributed by atoms with Gasteiger partial charge in [-0.15, -0.1) is 0 Å². The average molecular weight is 737 g/mol. The molecule has 0 aliphatic carbocycles. The molecule has 8 nitrogen and oxygen atoms in total. The first-order chi connectivity index (χ1) is 25.1. The van der Waals surface area contributed by atoms with Gasteiger partial charge in [-0.1, -0.05) is 147 Å². The summed E-state index contributed by atoms with van der Waals surface area (Å²) in [6.07, 6.45) is 37.8. The van der Waals surface area contributed by atoms with Crippen molar-refractivity contribution in [3.63, 3.8) is 0 Å². The fourth-order valence-corrected chi connectivity index (χ4v) is 6.24. The van der Waals surface area contributed by atoms with Gasteiger partial charge in [0.05, 0.1) is 34.4 Å². The Morgan fingerprint density at radius 3 is 1.52 bits per heavy atom. The highest BCUT2D eigenvalue weighted by atomic mass is 16.6. The topological polar surface area (TPSA) is 99.1 Å². The van der Waals surface area contributed by atoms with E-state index in [-0.39, 0.29) is 36.2 Å². The van der Waals surface area contributed by atoms with Crippen LogP contribution in [0.15, 0.2) is 24.3 Å². The van der Waals surface area contributed by atoms with Crippen molar-refractivity contribution < 1.29 is 38.2 Å². The molecule has 0 spiro atoms. The van der Waals surface area contributed by atoms with Gasteiger partial charge < -0.3 is 23.8 Å². The molecule has 1 unspecified atom stereocenters. The van der Waals surface area contributed by atoms with Crippen LogP contribution in [0.1, 0.15) is 187 Å². The van der Waals surface area contributed by atoms with Gasteiger partial charge in [0.2, 0.25) is 0 Å². The summed E-state index contributed by atoms with van der Waals surface area (Å²) in [5, 5.41) is 9.60. The molecule has 0 radical (unpaired) electrons. The molecule has 0 aromatic heterocycles. The van der Waals surface area contributed by atoms with Crippen LogP contribution in [-0.4, -0.2) is 80.6 Å². The van der Waals surface area contributed by atoms with E-state index < -0.39 is 18.1 Å². The number of allylic oxidation sites excluding steroid dienone is 4. The van der Waals surface area contributed by atoms with Crippen molar-refractivity contribution in [1.82, 2.24) is 0 Å². The number of carbonyl (C=O) groups excluding carboxylic acids is 2. The van der Waals surface area contributed by atoms with E-state index in [1.54, 1.807) is 0 Å². The molecule has 1 N–H and O–H groups in total. The molecule has 0 aliphatic heterocycles. The van der Waals surface area contributed by atoms with Gasteiger partial charge in [0.15, 0.2) is 12.1 Å². The highest BCUT2D eigenvalue weighted by Crippen LogP contribution is 2.14. The number of unbranched alkanes of at least 4 members (excludes halogenated alkanes) is 20. The molecule has 0 aromatic rings. The minimum Gasteiger partial charge on any atom is -0.477 e. The molecule has 0 fully saturated rings.